The van der Waals surface area contributed by atoms with Crippen molar-refractivity contribution >= 4 is 5.97 Å². The minimum Gasteiger partial charge on any atom is -0.491 e. The summed E-state index contributed by atoms with van der Waals surface area (Å²) < 4.78 is 102. The molecule has 3 aromatic carbocycles. The van der Waals surface area contributed by atoms with Crippen molar-refractivity contribution in [2.45, 2.75) is 51.4 Å². The Hall–Kier alpha value is -3.69. The molecule has 0 bridgehead atoms. The van der Waals surface area contributed by atoms with Crippen LogP contribution in [0.5, 0.6) is 17.2 Å². The third kappa shape index (κ3) is 5.69. The Bertz CT molecular complexity index is 1370. The second-order valence-corrected chi connectivity index (χ2v) is 9.11. The van der Waals surface area contributed by atoms with Gasteiger partial charge in [-0.05, 0) is 86.8 Å². The monoisotopic (exact) mass is 552 g/mol. The number of carbonyl (C=O) groups excluding carboxylic acids is 1. The highest BCUT2D eigenvalue weighted by atomic mass is 19.2. The van der Waals surface area contributed by atoms with Crippen LogP contribution in [0.4, 0.5) is 26.3 Å². The smallest absolute Gasteiger partial charge is 0.346 e. The summed E-state index contributed by atoms with van der Waals surface area (Å²) in [7, 11) is 0. The molecule has 10 heteroatoms. The molecule has 0 heterocycles. The van der Waals surface area contributed by atoms with Crippen molar-refractivity contribution in [3.8, 4) is 17.2 Å². The van der Waals surface area contributed by atoms with Crippen molar-refractivity contribution in [1.29, 1.82) is 0 Å². The molecular formula is C29H26F6O4. The molecule has 4 nitrogen and oxygen atoms in total. The molecule has 0 radical (unpaired) electrons. The maximum absolute atomic E-state index is 15.0. The Morgan fingerprint density at radius 2 is 1.03 bits per heavy atom. The van der Waals surface area contributed by atoms with Crippen LogP contribution in [-0.4, -0.2) is 19.2 Å². The van der Waals surface area contributed by atoms with Gasteiger partial charge in [0.1, 0.15) is 0 Å². The van der Waals surface area contributed by atoms with E-state index in [2.05, 4.69) is 0 Å². The van der Waals surface area contributed by atoms with Crippen LogP contribution in [-0.2, 0) is 0 Å². The highest BCUT2D eigenvalue weighted by Crippen LogP contribution is 2.43. The van der Waals surface area contributed by atoms with E-state index < -0.39 is 58.1 Å². The Morgan fingerprint density at radius 3 is 1.56 bits per heavy atom. The quantitative estimate of drug-likeness (QED) is 0.162. The molecule has 0 spiro atoms. The van der Waals surface area contributed by atoms with Crippen LogP contribution in [0.3, 0.4) is 0 Å². The van der Waals surface area contributed by atoms with E-state index in [4.69, 9.17) is 14.2 Å². The maximum Gasteiger partial charge on any atom is 0.346 e. The molecule has 39 heavy (non-hydrogen) atoms. The van der Waals surface area contributed by atoms with Gasteiger partial charge in [-0.15, -0.1) is 0 Å². The summed E-state index contributed by atoms with van der Waals surface area (Å²) in [5.74, 6) is -11.2. The van der Waals surface area contributed by atoms with Gasteiger partial charge in [-0.25, -0.2) is 18.0 Å². The van der Waals surface area contributed by atoms with Crippen molar-refractivity contribution in [3.63, 3.8) is 0 Å². The van der Waals surface area contributed by atoms with Gasteiger partial charge in [-0.3, -0.25) is 0 Å². The van der Waals surface area contributed by atoms with Crippen molar-refractivity contribution in [2.24, 2.45) is 0 Å². The number of ether oxygens (including phenoxy) is 3. The zero-order valence-electron chi connectivity index (χ0n) is 21.3. The summed E-state index contributed by atoms with van der Waals surface area (Å²) in [5.41, 5.74) is -0.554. The molecule has 0 unspecified atom stereocenters. The zero-order chi connectivity index (χ0) is 28.3. The van der Waals surface area contributed by atoms with Crippen LogP contribution in [0.1, 0.15) is 72.9 Å². The second-order valence-electron chi connectivity index (χ2n) is 9.11. The van der Waals surface area contributed by atoms with Crippen molar-refractivity contribution in [2.75, 3.05) is 13.2 Å². The van der Waals surface area contributed by atoms with Crippen LogP contribution in [0.15, 0.2) is 36.4 Å². The average Bonchev–Trinajstić information content (AvgIpc) is 2.93. The highest BCUT2D eigenvalue weighted by molar-refractivity contribution is 5.91. The standard InChI is InChI=1S/C29H26F6O4/c1-3-37-20-12-11-18(24(31)26(20)33)16-7-5-15(6-8-16)17-9-10-19(25(32)23(17)30)29(36)39-22-14-13-21(38-4-2)27(34)28(22)35/h9-16H,3-8H2,1-2H3. The first-order chi connectivity index (χ1) is 18.7. The van der Waals surface area contributed by atoms with Gasteiger partial charge in [0.25, 0.3) is 0 Å². The van der Waals surface area contributed by atoms with Crippen molar-refractivity contribution in [3.05, 3.63) is 88.0 Å². The molecule has 208 valence electrons. The lowest BCUT2D eigenvalue weighted by Gasteiger charge is -2.30. The van der Waals surface area contributed by atoms with Crippen molar-refractivity contribution in [1.82, 2.24) is 0 Å². The number of esters is 1. The lowest BCUT2D eigenvalue weighted by Crippen LogP contribution is -2.17. The van der Waals surface area contributed by atoms with E-state index in [0.717, 1.165) is 18.2 Å². The van der Waals surface area contributed by atoms with E-state index in [0.29, 0.717) is 25.7 Å². The molecule has 0 aromatic heterocycles. The first kappa shape index (κ1) is 28.3. The second kappa shape index (κ2) is 12.0. The summed E-state index contributed by atoms with van der Waals surface area (Å²) >= 11 is 0. The predicted octanol–water partition coefficient (Wildman–Crippen LogP) is 7.98. The SMILES string of the molecule is CCOc1ccc(OC(=O)c2ccc(C3CCC(c4ccc(OCC)c(F)c4F)CC3)c(F)c2F)c(F)c1F. The van der Waals surface area contributed by atoms with Crippen LogP contribution in [0.2, 0.25) is 0 Å². The fraction of sp³-hybridized carbons (Fsp3) is 0.345. The molecule has 0 amide bonds. The molecule has 0 aliphatic heterocycles. The number of hydrogen-bond donors (Lipinski definition) is 0. The van der Waals surface area contributed by atoms with Gasteiger partial charge in [-0.2, -0.15) is 13.2 Å². The maximum atomic E-state index is 15.0. The number of hydrogen-bond acceptors (Lipinski definition) is 4. The summed E-state index contributed by atoms with van der Waals surface area (Å²) in [6.07, 6.45) is 1.55. The molecule has 0 N–H and O–H groups in total. The number of halogens is 6. The number of rotatable bonds is 8. The lowest BCUT2D eigenvalue weighted by molar-refractivity contribution is 0.0720. The van der Waals surface area contributed by atoms with E-state index in [-0.39, 0.29) is 41.8 Å². The molecule has 4 rings (SSSR count). The van der Waals surface area contributed by atoms with E-state index in [1.54, 1.807) is 13.8 Å². The van der Waals surface area contributed by atoms with E-state index in [1.165, 1.54) is 18.2 Å². The van der Waals surface area contributed by atoms with Gasteiger partial charge in [-0.1, -0.05) is 12.1 Å². The first-order valence-electron chi connectivity index (χ1n) is 12.6. The Labute approximate surface area is 221 Å². The molecule has 1 aliphatic carbocycles. The zero-order valence-corrected chi connectivity index (χ0v) is 21.3. The van der Waals surface area contributed by atoms with Gasteiger partial charge < -0.3 is 14.2 Å². The third-order valence-corrected chi connectivity index (χ3v) is 6.83. The van der Waals surface area contributed by atoms with Gasteiger partial charge in [0.2, 0.25) is 17.5 Å². The van der Waals surface area contributed by atoms with Crippen LogP contribution in [0, 0.1) is 34.9 Å². The molecule has 1 saturated carbocycles. The lowest BCUT2D eigenvalue weighted by atomic mass is 9.75. The normalized spacial score (nSPS) is 17.1. The summed E-state index contributed by atoms with van der Waals surface area (Å²) in [6.45, 7) is 3.50. The van der Waals surface area contributed by atoms with E-state index >= 15 is 4.39 Å². The van der Waals surface area contributed by atoms with Gasteiger partial charge in [0.05, 0.1) is 18.8 Å². The predicted molar refractivity (Wildman–Crippen MR) is 130 cm³/mol. The number of carbonyl (C=O) groups is 1. The van der Waals surface area contributed by atoms with E-state index in [1.807, 2.05) is 0 Å². The minimum atomic E-state index is -1.51. The fourth-order valence-corrected chi connectivity index (χ4v) is 4.90. The molecule has 1 aliphatic rings. The topological polar surface area (TPSA) is 44.8 Å². The molecule has 3 aromatic rings. The largest absolute Gasteiger partial charge is 0.491 e. The first-order valence-corrected chi connectivity index (χ1v) is 12.6. The van der Waals surface area contributed by atoms with Gasteiger partial charge >= 0.3 is 5.97 Å². The Kier molecular flexibility index (Phi) is 8.72. The van der Waals surface area contributed by atoms with Gasteiger partial charge in [0, 0.05) is 0 Å². The van der Waals surface area contributed by atoms with Crippen LogP contribution >= 0.6 is 0 Å². The molecule has 1 fully saturated rings. The number of benzene rings is 3. The molecule has 0 saturated heterocycles. The highest BCUT2D eigenvalue weighted by Gasteiger charge is 2.31. The van der Waals surface area contributed by atoms with Crippen molar-refractivity contribution < 1.29 is 45.3 Å². The average molecular weight is 553 g/mol. The summed E-state index contributed by atoms with van der Waals surface area (Å²) in [4.78, 5) is 12.4. The minimum absolute atomic E-state index is 0.0270. The third-order valence-electron chi connectivity index (χ3n) is 6.83. The van der Waals surface area contributed by atoms with Crippen LogP contribution in [0.25, 0.3) is 0 Å². The summed E-state index contributed by atoms with van der Waals surface area (Å²) in [6, 6.07) is 7.12. The Balaban J connectivity index is 1.46. The summed E-state index contributed by atoms with van der Waals surface area (Å²) in [5, 5.41) is 0. The van der Waals surface area contributed by atoms with Crippen LogP contribution < -0.4 is 14.2 Å². The molecule has 0 atom stereocenters. The van der Waals surface area contributed by atoms with Gasteiger partial charge in [0.15, 0.2) is 34.7 Å². The fourth-order valence-electron chi connectivity index (χ4n) is 4.90. The van der Waals surface area contributed by atoms with E-state index in [9.17, 15) is 26.7 Å². The molecular weight excluding hydrogens is 526 g/mol. The Morgan fingerprint density at radius 1 is 0.615 bits per heavy atom.